The highest BCUT2D eigenvalue weighted by Crippen LogP contribution is 2.52. The summed E-state index contributed by atoms with van der Waals surface area (Å²) in [7, 11) is 0. The second-order valence-electron chi connectivity index (χ2n) is 10.1. The van der Waals surface area contributed by atoms with E-state index in [1.165, 1.54) is 12.3 Å². The van der Waals surface area contributed by atoms with Crippen LogP contribution in [0.3, 0.4) is 0 Å². The van der Waals surface area contributed by atoms with Gasteiger partial charge in [0.05, 0.1) is 24.7 Å². The summed E-state index contributed by atoms with van der Waals surface area (Å²) in [4.78, 5) is 56.0. The van der Waals surface area contributed by atoms with Crippen molar-refractivity contribution < 1.29 is 50.9 Å². The maximum absolute atomic E-state index is 15.7. The largest absolute Gasteiger partial charge is 0.383 e. The molecule has 2 aliphatic heterocycles. The van der Waals surface area contributed by atoms with Gasteiger partial charge in [0.1, 0.15) is 30.0 Å². The summed E-state index contributed by atoms with van der Waals surface area (Å²) in [6, 6.07) is 1.46. The third-order valence-electron chi connectivity index (χ3n) is 6.92. The lowest BCUT2D eigenvalue weighted by Gasteiger charge is -2.25. The van der Waals surface area contributed by atoms with Gasteiger partial charge in [-0.05, 0) is 29.7 Å². The van der Waals surface area contributed by atoms with Crippen LogP contribution in [0.1, 0.15) is 18.9 Å². The Morgan fingerprint density at radius 3 is 2.65 bits per heavy atom. The molecule has 0 spiro atoms. The van der Waals surface area contributed by atoms with Crippen molar-refractivity contribution in [1.82, 2.24) is 39.5 Å². The highest BCUT2D eigenvalue weighted by atomic mass is 32.5. The van der Waals surface area contributed by atoms with Crippen LogP contribution in [-0.4, -0.2) is 97.8 Å². The summed E-state index contributed by atoms with van der Waals surface area (Å²) in [5.41, 5.74) is 10.1. The first-order valence-corrected chi connectivity index (χ1v) is 18.1. The Balaban J connectivity index is 1.20. The van der Waals surface area contributed by atoms with E-state index in [0.717, 1.165) is 15.6 Å². The molecule has 7 atom stereocenters. The predicted octanol–water partition coefficient (Wildman–Crippen LogP) is 0.126. The van der Waals surface area contributed by atoms with E-state index < -0.39 is 81.5 Å². The summed E-state index contributed by atoms with van der Waals surface area (Å²) >= 11 is 9.45. The van der Waals surface area contributed by atoms with Crippen molar-refractivity contribution in [2.75, 3.05) is 24.7 Å². The summed E-state index contributed by atoms with van der Waals surface area (Å²) in [6.07, 6.45) is -8.94. The molecular formula is C20H23F3N10O9P2S2. The number of ether oxygens (including phenoxy) is 2. The molecule has 4 aromatic heterocycles. The number of nitrogens with zero attached hydrogens (tertiary/aromatic N) is 7. The number of nitrogens with two attached hydrogens (primary N) is 2. The minimum atomic E-state index is -4.48. The van der Waals surface area contributed by atoms with Crippen molar-refractivity contribution in [2.24, 2.45) is 0 Å². The molecule has 6 rings (SSSR count). The Kier molecular flexibility index (Phi) is 8.70. The number of H-pyrrole nitrogens is 1. The smallest absolute Gasteiger partial charge is 0.325 e. The van der Waals surface area contributed by atoms with Gasteiger partial charge in [0.2, 0.25) is 5.95 Å². The van der Waals surface area contributed by atoms with Crippen LogP contribution in [0, 0.1) is 0 Å². The molecule has 2 unspecified atom stereocenters. The summed E-state index contributed by atoms with van der Waals surface area (Å²) in [6.45, 7) is -10.2. The van der Waals surface area contributed by atoms with Crippen molar-refractivity contribution in [3.8, 4) is 0 Å². The molecule has 8 N–H and O–H groups in total. The van der Waals surface area contributed by atoms with E-state index in [9.17, 15) is 19.5 Å². The standard InChI is InChI=1S/C20H23F3N10O9P2S2/c21-10-9(5-38-43(35,36)45)41-17(33-15-11(30-31-33)16(34)29-19(25)28-15)12(10)42-44(37,46)39-4-7-3-20(22,23)18(40-7)32-2-1-8-13(24)26-6-27-14(8)32/h1-2,6-7,9-10,12,17-18H,3-5H2,(H,37,46)(H2,24,26,27)(H2,35,36,45)(H3,25,28,29,34)/t7-,9+,10-,12?,17+,18+,44?/m0/s1. The summed E-state index contributed by atoms with van der Waals surface area (Å²) < 4.78 is 74.4. The summed E-state index contributed by atoms with van der Waals surface area (Å²) in [5.74, 6) is -3.69. The highest BCUT2D eigenvalue weighted by Gasteiger charge is 2.53. The Hall–Kier alpha value is -2.73. The van der Waals surface area contributed by atoms with E-state index in [4.69, 9.17) is 46.3 Å². The average Bonchev–Trinajstić information content (AvgIpc) is 3.71. The molecule has 0 bridgehead atoms. The molecule has 0 aromatic carbocycles. The molecule has 2 fully saturated rings. The SMILES string of the molecule is Nc1nc2c(nnn2[C@@H]2O[C@H](COP(O)(O)=S)[C@H](F)C2OP(O)(=S)OC[C@@H]2CC(F)(F)[C@H](n3ccc4c(N)ncnc43)O2)c(=O)[nH]1. The Morgan fingerprint density at radius 1 is 1.15 bits per heavy atom. The molecule has 2 saturated heterocycles. The number of hydrogen-bond donors (Lipinski definition) is 6. The van der Waals surface area contributed by atoms with Crippen molar-refractivity contribution in [1.29, 1.82) is 0 Å². The van der Waals surface area contributed by atoms with Gasteiger partial charge in [-0.1, -0.05) is 5.21 Å². The molecule has 19 nitrogen and oxygen atoms in total. The first kappa shape index (κ1) is 33.2. The maximum Gasteiger partial charge on any atom is 0.325 e. The second-order valence-corrected chi connectivity index (χ2v) is 15.5. The minimum Gasteiger partial charge on any atom is -0.383 e. The molecule has 4 aromatic rings. The molecular weight excluding hydrogens is 707 g/mol. The van der Waals surface area contributed by atoms with Crippen molar-refractivity contribution in [2.45, 2.75) is 49.3 Å². The number of halogens is 3. The van der Waals surface area contributed by atoms with E-state index >= 15 is 13.2 Å². The molecule has 0 radical (unpaired) electrons. The number of nitrogen functional groups attached to an aromatic ring is 2. The van der Waals surface area contributed by atoms with Gasteiger partial charge < -0.3 is 49.2 Å². The van der Waals surface area contributed by atoms with Gasteiger partial charge in [0, 0.05) is 12.6 Å². The lowest BCUT2D eigenvalue weighted by atomic mass is 10.1. The second kappa shape index (κ2) is 12.1. The lowest BCUT2D eigenvalue weighted by Crippen LogP contribution is -2.32. The van der Waals surface area contributed by atoms with Gasteiger partial charge in [-0.25, -0.2) is 23.1 Å². The number of alkyl halides is 3. The first-order valence-electron chi connectivity index (χ1n) is 12.9. The van der Waals surface area contributed by atoms with Crippen LogP contribution in [0.4, 0.5) is 24.9 Å². The molecule has 0 saturated carbocycles. The lowest BCUT2D eigenvalue weighted by molar-refractivity contribution is -0.116. The number of aromatic nitrogens is 8. The molecule has 26 heteroatoms. The monoisotopic (exact) mass is 730 g/mol. The van der Waals surface area contributed by atoms with Crippen LogP contribution >= 0.6 is 13.4 Å². The van der Waals surface area contributed by atoms with Gasteiger partial charge in [-0.15, -0.1) is 5.10 Å². The quantitative estimate of drug-likeness (QED) is 0.118. The van der Waals surface area contributed by atoms with E-state index in [2.05, 4.69) is 42.1 Å². The third-order valence-corrected chi connectivity index (χ3v) is 9.28. The van der Waals surface area contributed by atoms with Crippen LogP contribution in [-0.2, 0) is 46.7 Å². The number of nitrogens with one attached hydrogen (secondary N) is 1. The molecule has 46 heavy (non-hydrogen) atoms. The Morgan fingerprint density at radius 2 is 1.91 bits per heavy atom. The van der Waals surface area contributed by atoms with Crippen molar-refractivity contribution >= 4 is 71.0 Å². The van der Waals surface area contributed by atoms with Gasteiger partial charge in [-0.3, -0.25) is 14.3 Å². The number of aromatic amines is 1. The average molecular weight is 731 g/mol. The zero-order valence-corrected chi connectivity index (χ0v) is 26.2. The summed E-state index contributed by atoms with van der Waals surface area (Å²) in [5, 5.41) is 7.77. The van der Waals surface area contributed by atoms with Gasteiger partial charge >= 0.3 is 13.4 Å². The minimum absolute atomic E-state index is 0.0833. The highest BCUT2D eigenvalue weighted by molar-refractivity contribution is 8.07. The molecule has 6 heterocycles. The van der Waals surface area contributed by atoms with Gasteiger partial charge in [0.25, 0.3) is 11.5 Å². The normalized spacial score (nSPS) is 27.9. The topological polar surface area (TPSA) is 266 Å². The zero-order chi connectivity index (χ0) is 33.2. The fourth-order valence-electron chi connectivity index (χ4n) is 4.98. The fourth-order valence-corrected chi connectivity index (χ4v) is 6.93. The Labute approximate surface area is 264 Å². The van der Waals surface area contributed by atoms with Crippen LogP contribution in [0.5, 0.6) is 0 Å². The van der Waals surface area contributed by atoms with Crippen LogP contribution < -0.4 is 17.0 Å². The molecule has 0 aliphatic carbocycles. The van der Waals surface area contributed by atoms with Crippen LogP contribution in [0.2, 0.25) is 0 Å². The number of anilines is 2. The third kappa shape index (κ3) is 6.53. The van der Waals surface area contributed by atoms with Gasteiger partial charge in [0.15, 0.2) is 29.8 Å². The van der Waals surface area contributed by atoms with E-state index in [0.29, 0.717) is 5.39 Å². The van der Waals surface area contributed by atoms with E-state index in [-0.39, 0.29) is 28.6 Å². The zero-order valence-electron chi connectivity index (χ0n) is 22.7. The molecule has 250 valence electrons. The van der Waals surface area contributed by atoms with Gasteiger partial charge in [-0.2, -0.15) is 9.67 Å². The fraction of sp³-hybridized carbons (Fsp3) is 0.500. The predicted molar refractivity (Wildman–Crippen MR) is 157 cm³/mol. The van der Waals surface area contributed by atoms with E-state index in [1.807, 2.05) is 0 Å². The maximum atomic E-state index is 15.7. The van der Waals surface area contributed by atoms with E-state index in [1.54, 1.807) is 0 Å². The van der Waals surface area contributed by atoms with Crippen LogP contribution in [0.15, 0.2) is 23.4 Å². The number of hydrogen-bond acceptors (Lipinski definition) is 15. The first-order chi connectivity index (χ1) is 21.5. The number of rotatable bonds is 10. The Bertz CT molecular complexity index is 1950. The molecule has 2 aliphatic rings. The van der Waals surface area contributed by atoms with Crippen molar-refractivity contribution in [3.05, 3.63) is 28.9 Å². The molecule has 0 amide bonds. The van der Waals surface area contributed by atoms with Crippen molar-refractivity contribution in [3.63, 3.8) is 0 Å². The van der Waals surface area contributed by atoms with Crippen LogP contribution in [0.25, 0.3) is 22.2 Å². The number of fused-ring (bicyclic) bond motifs is 2.